The van der Waals surface area contributed by atoms with Crippen molar-refractivity contribution in [3.05, 3.63) is 70.4 Å². The van der Waals surface area contributed by atoms with E-state index in [1.54, 1.807) is 0 Å². The molecule has 1 aromatic carbocycles. The summed E-state index contributed by atoms with van der Waals surface area (Å²) in [4.78, 5) is 0. The van der Waals surface area contributed by atoms with Crippen molar-refractivity contribution in [2.75, 3.05) is 0 Å². The van der Waals surface area contributed by atoms with Gasteiger partial charge >= 0.3 is 7.12 Å². The molecule has 0 spiro atoms. The van der Waals surface area contributed by atoms with Crippen molar-refractivity contribution < 1.29 is 14.0 Å². The van der Waals surface area contributed by atoms with E-state index >= 15 is 0 Å². The summed E-state index contributed by atoms with van der Waals surface area (Å²) in [6, 6.07) is 8.51. The number of ether oxygens (including phenoxy) is 1. The van der Waals surface area contributed by atoms with Gasteiger partial charge in [0.1, 0.15) is 12.4 Å². The zero-order valence-corrected chi connectivity index (χ0v) is 15.5. The van der Waals surface area contributed by atoms with E-state index in [9.17, 15) is 0 Å². The first-order valence-corrected chi connectivity index (χ1v) is 9.02. The van der Waals surface area contributed by atoms with Gasteiger partial charge in [0.15, 0.2) is 0 Å². The highest BCUT2D eigenvalue weighted by Gasteiger charge is 2.50. The highest BCUT2D eigenvalue weighted by molar-refractivity contribution is 6.52. The fraction of sp³-hybridized carbons (Fsp3) is 0.429. The smallest absolute Gasteiger partial charge is 0.487 e. The van der Waals surface area contributed by atoms with Crippen molar-refractivity contribution in [3.8, 4) is 0 Å². The molecule has 3 aliphatic rings. The van der Waals surface area contributed by atoms with E-state index in [-0.39, 0.29) is 18.3 Å². The third kappa shape index (κ3) is 2.98. The molecule has 25 heavy (non-hydrogen) atoms. The molecule has 0 amide bonds. The van der Waals surface area contributed by atoms with Crippen LogP contribution in [-0.4, -0.2) is 18.3 Å². The molecule has 130 valence electrons. The summed E-state index contributed by atoms with van der Waals surface area (Å²) >= 11 is 0. The summed E-state index contributed by atoms with van der Waals surface area (Å²) in [6.45, 7) is 8.97. The van der Waals surface area contributed by atoms with E-state index in [4.69, 9.17) is 14.0 Å². The van der Waals surface area contributed by atoms with Gasteiger partial charge in [0, 0.05) is 12.0 Å². The largest absolute Gasteiger partial charge is 0.489 e. The normalized spacial score (nSPS) is 25.4. The molecule has 0 radical (unpaired) electrons. The van der Waals surface area contributed by atoms with E-state index in [1.807, 2.05) is 0 Å². The first-order chi connectivity index (χ1) is 11.9. The molecule has 0 saturated carbocycles. The lowest BCUT2D eigenvalue weighted by Gasteiger charge is -2.32. The second-order valence-corrected chi connectivity index (χ2v) is 8.00. The Labute approximate surface area is 150 Å². The molecule has 0 unspecified atom stereocenters. The average molecular weight is 336 g/mol. The molecular weight excluding hydrogens is 311 g/mol. The van der Waals surface area contributed by atoms with Crippen molar-refractivity contribution in [1.29, 1.82) is 0 Å². The molecule has 1 fully saturated rings. The van der Waals surface area contributed by atoms with Crippen LogP contribution in [0.25, 0.3) is 0 Å². The second kappa shape index (κ2) is 5.89. The molecule has 4 heteroatoms. The zero-order valence-electron chi connectivity index (χ0n) is 15.5. The Hall–Kier alpha value is -1.78. The van der Waals surface area contributed by atoms with Gasteiger partial charge in [-0.05, 0) is 56.9 Å². The van der Waals surface area contributed by atoms with Gasteiger partial charge in [-0.2, -0.15) is 0 Å². The Morgan fingerprint density at radius 2 is 1.68 bits per heavy atom. The molecule has 2 heterocycles. The molecule has 2 aliphatic heterocycles. The van der Waals surface area contributed by atoms with Crippen LogP contribution in [0.2, 0.25) is 0 Å². The van der Waals surface area contributed by atoms with Gasteiger partial charge in [0.2, 0.25) is 0 Å². The fourth-order valence-corrected chi connectivity index (χ4v) is 3.52. The lowest BCUT2D eigenvalue weighted by molar-refractivity contribution is 0.00578. The molecule has 0 bridgehead atoms. The zero-order chi connectivity index (χ0) is 17.7. The first kappa shape index (κ1) is 16.7. The van der Waals surface area contributed by atoms with Crippen LogP contribution in [0.5, 0.6) is 0 Å². The van der Waals surface area contributed by atoms with Crippen molar-refractivity contribution in [2.24, 2.45) is 0 Å². The van der Waals surface area contributed by atoms with Crippen molar-refractivity contribution in [3.63, 3.8) is 0 Å². The van der Waals surface area contributed by atoms with E-state index in [2.05, 4.69) is 70.1 Å². The maximum Gasteiger partial charge on any atom is 0.487 e. The van der Waals surface area contributed by atoms with Gasteiger partial charge < -0.3 is 14.0 Å². The summed E-state index contributed by atoms with van der Waals surface area (Å²) < 4.78 is 18.4. The Morgan fingerprint density at radius 1 is 1.00 bits per heavy atom. The highest BCUT2D eigenvalue weighted by Crippen LogP contribution is 2.39. The standard InChI is InChI=1S/C21H25BO3/c1-20(2)21(3,4)25-22(24-20)13-16-10-7-11-19-18(16)12-15-8-5-6-9-17(15)14-23-19/h5-9,11,13H,10,12,14H2,1-4H3. The predicted molar refractivity (Wildman–Crippen MR) is 99.9 cm³/mol. The molecule has 4 rings (SSSR count). The van der Waals surface area contributed by atoms with E-state index in [1.165, 1.54) is 22.3 Å². The number of hydrogen-bond acceptors (Lipinski definition) is 3. The van der Waals surface area contributed by atoms with Crippen LogP contribution in [0.15, 0.2) is 59.3 Å². The van der Waals surface area contributed by atoms with E-state index in [0.717, 1.165) is 18.6 Å². The quantitative estimate of drug-likeness (QED) is 0.705. The minimum absolute atomic E-state index is 0.316. The molecule has 0 aromatic heterocycles. The Balaban J connectivity index is 1.65. The SMILES string of the molecule is CC1(C)OB(C=C2CC=CC3=C2Cc2ccccc2CO3)OC1(C)C. The molecule has 0 atom stereocenters. The lowest BCUT2D eigenvalue weighted by atomic mass is 9.80. The Kier molecular flexibility index (Phi) is 3.93. The maximum atomic E-state index is 6.16. The number of rotatable bonds is 1. The van der Waals surface area contributed by atoms with Crippen LogP contribution in [-0.2, 0) is 27.1 Å². The summed E-state index contributed by atoms with van der Waals surface area (Å²) in [5.74, 6) is 3.11. The number of benzene rings is 1. The van der Waals surface area contributed by atoms with Gasteiger partial charge in [-0.15, -0.1) is 0 Å². The van der Waals surface area contributed by atoms with Crippen LogP contribution in [0.1, 0.15) is 45.2 Å². The van der Waals surface area contributed by atoms with Gasteiger partial charge in [0.05, 0.1) is 11.2 Å². The third-order valence-corrected chi connectivity index (χ3v) is 5.77. The predicted octanol–water partition coefficient (Wildman–Crippen LogP) is 4.53. The van der Waals surface area contributed by atoms with Gasteiger partial charge in [0.25, 0.3) is 0 Å². The van der Waals surface area contributed by atoms with Crippen LogP contribution in [0.4, 0.5) is 0 Å². The summed E-state index contributed by atoms with van der Waals surface area (Å²) in [7, 11) is -0.321. The van der Waals surface area contributed by atoms with Gasteiger partial charge in [-0.1, -0.05) is 36.3 Å². The highest BCUT2D eigenvalue weighted by atomic mass is 16.7. The van der Waals surface area contributed by atoms with Crippen molar-refractivity contribution in [1.82, 2.24) is 0 Å². The second-order valence-electron chi connectivity index (χ2n) is 8.00. The van der Waals surface area contributed by atoms with Crippen molar-refractivity contribution in [2.45, 2.75) is 58.3 Å². The maximum absolute atomic E-state index is 6.16. The summed E-state index contributed by atoms with van der Waals surface area (Å²) in [5.41, 5.74) is 4.46. The summed E-state index contributed by atoms with van der Waals surface area (Å²) in [6.07, 6.45) is 6.03. The van der Waals surface area contributed by atoms with Crippen LogP contribution in [0.3, 0.4) is 0 Å². The lowest BCUT2D eigenvalue weighted by Crippen LogP contribution is -2.41. The average Bonchev–Trinajstić information content (AvgIpc) is 2.70. The monoisotopic (exact) mass is 336 g/mol. The first-order valence-electron chi connectivity index (χ1n) is 9.02. The molecule has 3 nitrogen and oxygen atoms in total. The van der Waals surface area contributed by atoms with Crippen molar-refractivity contribution >= 4 is 7.12 Å². The molecule has 0 N–H and O–H groups in total. The topological polar surface area (TPSA) is 27.7 Å². The third-order valence-electron chi connectivity index (χ3n) is 5.77. The minimum atomic E-state index is -0.321. The number of hydrogen-bond donors (Lipinski definition) is 0. The molecule has 1 aliphatic carbocycles. The van der Waals surface area contributed by atoms with Crippen LogP contribution < -0.4 is 0 Å². The molecule has 1 aromatic rings. The van der Waals surface area contributed by atoms with Gasteiger partial charge in [-0.3, -0.25) is 0 Å². The molecule has 1 saturated heterocycles. The minimum Gasteiger partial charge on any atom is -0.489 e. The van der Waals surface area contributed by atoms with Crippen LogP contribution >= 0.6 is 0 Å². The van der Waals surface area contributed by atoms with E-state index < -0.39 is 0 Å². The number of fused-ring (bicyclic) bond motifs is 1. The molecular formula is C21H25BO3. The Morgan fingerprint density at radius 3 is 2.40 bits per heavy atom. The van der Waals surface area contributed by atoms with E-state index in [0.29, 0.717) is 6.61 Å². The Bertz CT molecular complexity index is 770. The number of allylic oxidation sites excluding steroid dienone is 4. The van der Waals surface area contributed by atoms with Crippen LogP contribution in [0, 0.1) is 0 Å². The van der Waals surface area contributed by atoms with Gasteiger partial charge in [-0.25, -0.2) is 0 Å². The summed E-state index contributed by atoms with van der Waals surface area (Å²) in [5, 5.41) is 0. The fourth-order valence-electron chi connectivity index (χ4n) is 3.52.